The van der Waals surface area contributed by atoms with E-state index in [0.29, 0.717) is 19.1 Å². The first-order chi connectivity index (χ1) is 5.24. The summed E-state index contributed by atoms with van der Waals surface area (Å²) < 4.78 is 5.03. The van der Waals surface area contributed by atoms with Crippen LogP contribution in [0.2, 0.25) is 0 Å². The fourth-order valence-corrected chi connectivity index (χ4v) is 1.23. The number of ether oxygens (including phenoxy) is 1. The van der Waals surface area contributed by atoms with Gasteiger partial charge in [-0.3, -0.25) is 0 Å². The van der Waals surface area contributed by atoms with Gasteiger partial charge in [0.1, 0.15) is 0 Å². The first-order valence-electron chi connectivity index (χ1n) is 3.75. The number of nitrogens with one attached hydrogen (secondary N) is 1. The lowest BCUT2D eigenvalue weighted by atomic mass is 10.0. The molecule has 0 amide bonds. The highest BCUT2D eigenvalue weighted by Crippen LogP contribution is 2.13. The van der Waals surface area contributed by atoms with E-state index < -0.39 is 12.1 Å². The van der Waals surface area contributed by atoms with Gasteiger partial charge in [-0.25, -0.2) is 4.79 Å². The number of hydrogen-bond donors (Lipinski definition) is 2. The second-order valence-electron chi connectivity index (χ2n) is 2.71. The molecule has 0 bridgehead atoms. The zero-order valence-corrected chi connectivity index (χ0v) is 6.54. The quantitative estimate of drug-likeness (QED) is 0.587. The van der Waals surface area contributed by atoms with Crippen molar-refractivity contribution in [2.24, 2.45) is 0 Å². The van der Waals surface area contributed by atoms with Crippen molar-refractivity contribution >= 4 is 5.97 Å². The van der Waals surface area contributed by atoms with Gasteiger partial charge in [-0.05, 0) is 19.9 Å². The van der Waals surface area contributed by atoms with Gasteiger partial charge in [0.05, 0.1) is 0 Å². The summed E-state index contributed by atoms with van der Waals surface area (Å²) in [6, 6.07) is 0.296. The van der Waals surface area contributed by atoms with E-state index in [0.717, 1.165) is 6.42 Å². The smallest absolute Gasteiger partial charge is 0.332 e. The lowest BCUT2D eigenvalue weighted by molar-refractivity contribution is -0.153. The van der Waals surface area contributed by atoms with Crippen LogP contribution in [0.25, 0.3) is 0 Å². The third-order valence-corrected chi connectivity index (χ3v) is 1.97. The van der Waals surface area contributed by atoms with E-state index in [1.165, 1.54) is 0 Å². The molecule has 4 heteroatoms. The van der Waals surface area contributed by atoms with Gasteiger partial charge < -0.3 is 15.2 Å². The maximum absolute atomic E-state index is 10.5. The minimum atomic E-state index is -0.857. The van der Waals surface area contributed by atoms with E-state index in [9.17, 15) is 4.79 Å². The third kappa shape index (κ3) is 2.17. The first kappa shape index (κ1) is 8.49. The van der Waals surface area contributed by atoms with Crippen molar-refractivity contribution in [3.63, 3.8) is 0 Å². The molecule has 1 rings (SSSR count). The highest BCUT2D eigenvalue weighted by atomic mass is 16.5. The Morgan fingerprint density at radius 1 is 1.73 bits per heavy atom. The molecule has 0 aliphatic carbocycles. The van der Waals surface area contributed by atoms with Crippen LogP contribution < -0.4 is 5.32 Å². The van der Waals surface area contributed by atoms with E-state index in [4.69, 9.17) is 9.84 Å². The summed E-state index contributed by atoms with van der Waals surface area (Å²) >= 11 is 0. The SMILES string of the molecule is CNC1CCOC(C(=O)O)C1. The summed E-state index contributed by atoms with van der Waals surface area (Å²) in [5, 5.41) is 11.6. The average molecular weight is 159 g/mol. The monoisotopic (exact) mass is 159 g/mol. The number of rotatable bonds is 2. The Morgan fingerprint density at radius 2 is 2.45 bits per heavy atom. The molecule has 0 spiro atoms. The lowest BCUT2D eigenvalue weighted by Gasteiger charge is -2.26. The maximum Gasteiger partial charge on any atom is 0.332 e. The van der Waals surface area contributed by atoms with Crippen molar-refractivity contribution in [1.29, 1.82) is 0 Å². The van der Waals surface area contributed by atoms with Crippen LogP contribution in [-0.4, -0.2) is 36.9 Å². The predicted molar refractivity (Wildman–Crippen MR) is 39.5 cm³/mol. The van der Waals surface area contributed by atoms with Gasteiger partial charge in [-0.1, -0.05) is 0 Å². The molecule has 2 N–H and O–H groups in total. The van der Waals surface area contributed by atoms with Gasteiger partial charge in [-0.2, -0.15) is 0 Å². The molecule has 0 radical (unpaired) electrons. The van der Waals surface area contributed by atoms with E-state index in [1.54, 1.807) is 0 Å². The number of aliphatic carboxylic acids is 1. The van der Waals surface area contributed by atoms with Crippen LogP contribution in [0.4, 0.5) is 0 Å². The molecule has 0 aromatic heterocycles. The zero-order chi connectivity index (χ0) is 8.27. The van der Waals surface area contributed by atoms with Crippen molar-refractivity contribution < 1.29 is 14.6 Å². The third-order valence-electron chi connectivity index (χ3n) is 1.97. The maximum atomic E-state index is 10.5. The van der Waals surface area contributed by atoms with E-state index in [1.807, 2.05) is 7.05 Å². The van der Waals surface area contributed by atoms with Gasteiger partial charge in [0.25, 0.3) is 0 Å². The van der Waals surface area contributed by atoms with E-state index in [-0.39, 0.29) is 0 Å². The van der Waals surface area contributed by atoms with Gasteiger partial charge in [-0.15, -0.1) is 0 Å². The molecule has 1 heterocycles. The molecule has 11 heavy (non-hydrogen) atoms. The molecule has 0 saturated carbocycles. The second-order valence-corrected chi connectivity index (χ2v) is 2.71. The topological polar surface area (TPSA) is 58.6 Å². The van der Waals surface area contributed by atoms with Crippen LogP contribution in [0.15, 0.2) is 0 Å². The molecular weight excluding hydrogens is 146 g/mol. The van der Waals surface area contributed by atoms with Gasteiger partial charge in [0.15, 0.2) is 6.10 Å². The van der Waals surface area contributed by atoms with Gasteiger partial charge in [0.2, 0.25) is 0 Å². The Labute approximate surface area is 65.5 Å². The predicted octanol–water partition coefficient (Wildman–Crippen LogP) is -0.162. The Kier molecular flexibility index (Phi) is 2.84. The Morgan fingerprint density at radius 3 is 3.00 bits per heavy atom. The zero-order valence-electron chi connectivity index (χ0n) is 6.54. The van der Waals surface area contributed by atoms with Crippen LogP contribution in [0.1, 0.15) is 12.8 Å². The molecule has 0 aromatic rings. The lowest BCUT2D eigenvalue weighted by Crippen LogP contribution is -2.40. The molecule has 1 saturated heterocycles. The highest BCUT2D eigenvalue weighted by molar-refractivity contribution is 5.72. The van der Waals surface area contributed by atoms with E-state index in [2.05, 4.69) is 5.32 Å². The molecule has 1 aliphatic heterocycles. The minimum Gasteiger partial charge on any atom is -0.479 e. The summed E-state index contributed by atoms with van der Waals surface area (Å²) in [7, 11) is 1.84. The molecule has 64 valence electrons. The van der Waals surface area contributed by atoms with Crippen molar-refractivity contribution in [3.05, 3.63) is 0 Å². The number of carboxylic acid groups (broad SMARTS) is 1. The molecule has 2 atom stereocenters. The number of hydrogen-bond acceptors (Lipinski definition) is 3. The first-order valence-corrected chi connectivity index (χ1v) is 3.75. The Balaban J connectivity index is 2.39. The molecule has 4 nitrogen and oxygen atoms in total. The van der Waals surface area contributed by atoms with Gasteiger partial charge in [0, 0.05) is 12.6 Å². The molecule has 1 aliphatic rings. The molecule has 1 fully saturated rings. The van der Waals surface area contributed by atoms with Crippen molar-refractivity contribution in [2.75, 3.05) is 13.7 Å². The number of carboxylic acids is 1. The van der Waals surface area contributed by atoms with Crippen molar-refractivity contribution in [3.8, 4) is 0 Å². The minimum absolute atomic E-state index is 0.296. The Hall–Kier alpha value is -0.610. The average Bonchev–Trinajstić information content (AvgIpc) is 2.05. The van der Waals surface area contributed by atoms with Crippen LogP contribution in [0.3, 0.4) is 0 Å². The summed E-state index contributed by atoms with van der Waals surface area (Å²) in [4.78, 5) is 10.5. The van der Waals surface area contributed by atoms with Crippen LogP contribution in [0.5, 0.6) is 0 Å². The largest absolute Gasteiger partial charge is 0.479 e. The highest BCUT2D eigenvalue weighted by Gasteiger charge is 2.26. The van der Waals surface area contributed by atoms with E-state index >= 15 is 0 Å². The summed E-state index contributed by atoms with van der Waals surface area (Å²) in [6.07, 6.45) is 0.868. The van der Waals surface area contributed by atoms with Crippen molar-refractivity contribution in [2.45, 2.75) is 25.0 Å². The van der Waals surface area contributed by atoms with Gasteiger partial charge >= 0.3 is 5.97 Å². The summed E-state index contributed by atoms with van der Waals surface area (Å²) in [5.74, 6) is -0.857. The molecular formula is C7H13NO3. The fraction of sp³-hybridized carbons (Fsp3) is 0.857. The summed E-state index contributed by atoms with van der Waals surface area (Å²) in [5.41, 5.74) is 0. The van der Waals surface area contributed by atoms with Crippen LogP contribution >= 0.6 is 0 Å². The number of carbonyl (C=O) groups is 1. The van der Waals surface area contributed by atoms with Crippen LogP contribution in [-0.2, 0) is 9.53 Å². The second kappa shape index (κ2) is 3.69. The van der Waals surface area contributed by atoms with Crippen LogP contribution in [0, 0.1) is 0 Å². The normalized spacial score (nSPS) is 31.7. The Bertz CT molecular complexity index is 149. The molecule has 0 aromatic carbocycles. The standard InChI is InChI=1S/C7H13NO3/c1-8-5-2-3-11-6(4-5)7(9)10/h5-6,8H,2-4H2,1H3,(H,9,10). The molecule has 2 unspecified atom stereocenters. The fourth-order valence-electron chi connectivity index (χ4n) is 1.23. The van der Waals surface area contributed by atoms with Crippen molar-refractivity contribution in [1.82, 2.24) is 5.32 Å². The summed E-state index contributed by atoms with van der Waals surface area (Å²) in [6.45, 7) is 0.544.